The van der Waals surface area contributed by atoms with Crippen LogP contribution < -0.4 is 10.6 Å². The third-order valence-electron chi connectivity index (χ3n) is 4.13. The first-order valence-corrected chi connectivity index (χ1v) is 9.75. The Bertz CT molecular complexity index is 646. The summed E-state index contributed by atoms with van der Waals surface area (Å²) < 4.78 is 24.6. The van der Waals surface area contributed by atoms with Crippen LogP contribution in [0.5, 0.6) is 0 Å². The van der Waals surface area contributed by atoms with E-state index in [4.69, 9.17) is 0 Å². The van der Waals surface area contributed by atoms with E-state index < -0.39 is 10.0 Å². The van der Waals surface area contributed by atoms with Crippen molar-refractivity contribution < 1.29 is 13.2 Å². The van der Waals surface area contributed by atoms with E-state index in [0.29, 0.717) is 19.6 Å². The highest BCUT2D eigenvalue weighted by atomic mass is 32.2. The second-order valence-electron chi connectivity index (χ2n) is 6.04. The molecule has 2 amide bonds. The normalized spacial score (nSPS) is 19.3. The van der Waals surface area contributed by atoms with Gasteiger partial charge in [-0.3, -0.25) is 0 Å². The highest BCUT2D eigenvalue weighted by Gasteiger charge is 2.26. The number of carbonyl (C=O) groups is 1. The van der Waals surface area contributed by atoms with E-state index in [1.165, 1.54) is 21.7 Å². The Balaban J connectivity index is 1.75. The number of hydrogen-bond acceptors (Lipinski definition) is 3. The zero-order chi connectivity index (χ0) is 16.9. The average molecular weight is 339 g/mol. The number of carbonyl (C=O) groups excluding carboxylic acids is 1. The number of aryl methyl sites for hydroxylation is 1. The Morgan fingerprint density at radius 2 is 2.09 bits per heavy atom. The van der Waals surface area contributed by atoms with Crippen molar-refractivity contribution in [3.63, 3.8) is 0 Å². The van der Waals surface area contributed by atoms with Crippen LogP contribution in [0.25, 0.3) is 0 Å². The topological polar surface area (TPSA) is 78.5 Å². The first kappa shape index (κ1) is 17.7. The van der Waals surface area contributed by atoms with Crippen LogP contribution in [0.3, 0.4) is 0 Å². The number of hydrogen-bond donors (Lipinski definition) is 2. The zero-order valence-corrected chi connectivity index (χ0v) is 14.5. The van der Waals surface area contributed by atoms with Crippen LogP contribution in [0.2, 0.25) is 0 Å². The van der Waals surface area contributed by atoms with Crippen LogP contribution in [0.15, 0.2) is 24.3 Å². The Morgan fingerprint density at radius 3 is 2.78 bits per heavy atom. The lowest BCUT2D eigenvalue weighted by Gasteiger charge is -2.31. The third kappa shape index (κ3) is 5.51. The smallest absolute Gasteiger partial charge is 0.315 e. The molecule has 1 heterocycles. The molecule has 1 aromatic carbocycles. The van der Waals surface area contributed by atoms with Gasteiger partial charge < -0.3 is 10.6 Å². The van der Waals surface area contributed by atoms with Gasteiger partial charge in [-0.2, -0.15) is 0 Å². The second kappa shape index (κ2) is 7.79. The van der Waals surface area contributed by atoms with Crippen LogP contribution in [-0.2, 0) is 16.4 Å². The van der Waals surface area contributed by atoms with Gasteiger partial charge in [0.25, 0.3) is 0 Å². The molecule has 0 spiro atoms. The molecule has 2 rings (SSSR count). The minimum absolute atomic E-state index is 0.128. The summed E-state index contributed by atoms with van der Waals surface area (Å²) in [5, 5.41) is 5.71. The highest BCUT2D eigenvalue weighted by Crippen LogP contribution is 2.13. The van der Waals surface area contributed by atoms with E-state index in [2.05, 4.69) is 29.7 Å². The van der Waals surface area contributed by atoms with E-state index in [1.807, 2.05) is 12.1 Å². The molecule has 23 heavy (non-hydrogen) atoms. The fraction of sp³-hybridized carbons (Fsp3) is 0.562. The van der Waals surface area contributed by atoms with E-state index >= 15 is 0 Å². The number of piperidine rings is 1. The van der Waals surface area contributed by atoms with Crippen molar-refractivity contribution in [1.29, 1.82) is 0 Å². The van der Waals surface area contributed by atoms with Crippen LogP contribution >= 0.6 is 0 Å². The number of nitrogens with one attached hydrogen (secondary N) is 2. The summed E-state index contributed by atoms with van der Waals surface area (Å²) in [4.78, 5) is 12.0. The molecule has 6 nitrogen and oxygen atoms in total. The van der Waals surface area contributed by atoms with Crippen LogP contribution in [0, 0.1) is 6.92 Å². The molecule has 0 radical (unpaired) electrons. The van der Waals surface area contributed by atoms with E-state index in [-0.39, 0.29) is 12.1 Å². The zero-order valence-electron chi connectivity index (χ0n) is 13.7. The van der Waals surface area contributed by atoms with Crippen molar-refractivity contribution >= 4 is 16.1 Å². The van der Waals surface area contributed by atoms with Gasteiger partial charge in [-0.25, -0.2) is 17.5 Å². The molecule has 2 N–H and O–H groups in total. The summed E-state index contributed by atoms with van der Waals surface area (Å²) in [5.74, 6) is 0. The maximum Gasteiger partial charge on any atom is 0.315 e. The minimum Gasteiger partial charge on any atom is -0.338 e. The number of sulfonamides is 1. The fourth-order valence-corrected chi connectivity index (χ4v) is 3.71. The Hall–Kier alpha value is -1.60. The Morgan fingerprint density at radius 1 is 1.35 bits per heavy atom. The van der Waals surface area contributed by atoms with Gasteiger partial charge in [-0.1, -0.05) is 24.3 Å². The largest absolute Gasteiger partial charge is 0.338 e. The van der Waals surface area contributed by atoms with Gasteiger partial charge >= 0.3 is 6.03 Å². The van der Waals surface area contributed by atoms with Crippen molar-refractivity contribution in [2.45, 2.75) is 32.2 Å². The molecule has 0 aromatic heterocycles. The highest BCUT2D eigenvalue weighted by molar-refractivity contribution is 7.88. The van der Waals surface area contributed by atoms with Gasteiger partial charge in [0.05, 0.1) is 6.26 Å². The van der Waals surface area contributed by atoms with Gasteiger partial charge in [0.1, 0.15) is 0 Å². The van der Waals surface area contributed by atoms with Crippen molar-refractivity contribution in [3.8, 4) is 0 Å². The summed E-state index contributed by atoms with van der Waals surface area (Å²) >= 11 is 0. The Labute approximate surface area is 138 Å². The second-order valence-corrected chi connectivity index (χ2v) is 8.02. The summed E-state index contributed by atoms with van der Waals surface area (Å²) in [5.41, 5.74) is 2.43. The van der Waals surface area contributed by atoms with Crippen molar-refractivity contribution in [2.75, 3.05) is 25.9 Å². The van der Waals surface area contributed by atoms with Gasteiger partial charge in [-0.05, 0) is 37.3 Å². The quantitative estimate of drug-likeness (QED) is 0.848. The van der Waals surface area contributed by atoms with Gasteiger partial charge in [0, 0.05) is 25.7 Å². The van der Waals surface area contributed by atoms with Crippen molar-refractivity contribution in [1.82, 2.24) is 14.9 Å². The molecule has 0 unspecified atom stereocenters. The van der Waals surface area contributed by atoms with Crippen molar-refractivity contribution in [2.24, 2.45) is 0 Å². The lowest BCUT2D eigenvalue weighted by Crippen LogP contribution is -2.51. The lowest BCUT2D eigenvalue weighted by molar-refractivity contribution is 0.226. The van der Waals surface area contributed by atoms with E-state index in [9.17, 15) is 13.2 Å². The Kier molecular flexibility index (Phi) is 6.01. The van der Waals surface area contributed by atoms with Gasteiger partial charge in [0.15, 0.2) is 0 Å². The first-order chi connectivity index (χ1) is 10.9. The summed E-state index contributed by atoms with van der Waals surface area (Å²) in [6.07, 6.45) is 3.55. The predicted octanol–water partition coefficient (Wildman–Crippen LogP) is 1.26. The lowest BCUT2D eigenvalue weighted by atomic mass is 10.1. The number of nitrogens with zero attached hydrogens (tertiary/aromatic N) is 1. The van der Waals surface area contributed by atoms with Gasteiger partial charge in [0.2, 0.25) is 10.0 Å². The van der Waals surface area contributed by atoms with Crippen LogP contribution in [-0.4, -0.2) is 50.7 Å². The average Bonchev–Trinajstić information content (AvgIpc) is 2.48. The van der Waals surface area contributed by atoms with Crippen LogP contribution in [0.4, 0.5) is 4.79 Å². The standard InChI is InChI=1S/C16H25N3O3S/c1-13-6-3-4-7-14(13)9-10-17-16(20)18-15-8-5-11-19(12-15)23(2,21)22/h3-4,6-7,15H,5,8-12H2,1-2H3,(H2,17,18,20)/t15-/m0/s1. The molecule has 1 aliphatic heterocycles. The number of urea groups is 1. The molecular weight excluding hydrogens is 314 g/mol. The molecule has 128 valence electrons. The molecular formula is C16H25N3O3S. The summed E-state index contributed by atoms with van der Waals surface area (Å²) in [7, 11) is -3.19. The monoisotopic (exact) mass is 339 g/mol. The van der Waals surface area contributed by atoms with E-state index in [0.717, 1.165) is 19.3 Å². The minimum atomic E-state index is -3.19. The fourth-order valence-electron chi connectivity index (χ4n) is 2.80. The molecule has 1 aliphatic rings. The number of benzene rings is 1. The molecule has 1 fully saturated rings. The molecule has 1 atom stereocenters. The molecule has 0 bridgehead atoms. The number of amides is 2. The summed E-state index contributed by atoms with van der Waals surface area (Å²) in [6.45, 7) is 3.49. The molecule has 0 aliphatic carbocycles. The molecule has 0 saturated carbocycles. The molecule has 7 heteroatoms. The van der Waals surface area contributed by atoms with Crippen LogP contribution in [0.1, 0.15) is 24.0 Å². The SMILES string of the molecule is Cc1ccccc1CCNC(=O)N[C@H]1CCCN(S(C)(=O)=O)C1. The number of rotatable bonds is 5. The van der Waals surface area contributed by atoms with Crippen molar-refractivity contribution in [3.05, 3.63) is 35.4 Å². The first-order valence-electron chi connectivity index (χ1n) is 7.90. The van der Waals surface area contributed by atoms with Gasteiger partial charge in [-0.15, -0.1) is 0 Å². The third-order valence-corrected chi connectivity index (χ3v) is 5.40. The predicted molar refractivity (Wildman–Crippen MR) is 90.9 cm³/mol. The molecule has 1 aromatic rings. The molecule has 1 saturated heterocycles. The summed E-state index contributed by atoms with van der Waals surface area (Å²) in [6, 6.07) is 7.73. The maximum atomic E-state index is 12.0. The maximum absolute atomic E-state index is 12.0. The van der Waals surface area contributed by atoms with E-state index in [1.54, 1.807) is 0 Å².